The van der Waals surface area contributed by atoms with Gasteiger partial charge in [-0.25, -0.2) is 0 Å². The van der Waals surface area contributed by atoms with E-state index < -0.39 is 0 Å². The van der Waals surface area contributed by atoms with Crippen molar-refractivity contribution in [3.63, 3.8) is 0 Å². The van der Waals surface area contributed by atoms with Crippen LogP contribution in [0.2, 0.25) is 0 Å². The van der Waals surface area contributed by atoms with E-state index in [9.17, 15) is 0 Å². The Balaban J connectivity index is 0.000000791. The van der Waals surface area contributed by atoms with Gasteiger partial charge in [0.05, 0.1) is 14.2 Å². The number of halogens is 1. The van der Waals surface area contributed by atoms with Crippen LogP contribution >= 0.6 is 22.6 Å². The summed E-state index contributed by atoms with van der Waals surface area (Å²) in [6.07, 6.45) is 3.11. The molecule has 0 heterocycles. The Morgan fingerprint density at radius 3 is 2.29 bits per heavy atom. The molecule has 1 aliphatic carbocycles. The molecule has 0 bridgehead atoms. The largest absolute Gasteiger partial charge is 0.497 e. The second kappa shape index (κ2) is 7.15. The fraction of sp³-hybridized carbons (Fsp3) is 0.636. The molecule has 0 aromatic heterocycles. The number of methoxy groups -OCH3 is 2. The molecule has 82 valence electrons. The van der Waals surface area contributed by atoms with Crippen LogP contribution in [0.15, 0.2) is 23.2 Å². The number of hydrogen-bond donors (Lipinski definition) is 0. The fourth-order valence-corrected chi connectivity index (χ4v) is 1.63. The van der Waals surface area contributed by atoms with Crippen molar-refractivity contribution in [3.8, 4) is 0 Å². The summed E-state index contributed by atoms with van der Waals surface area (Å²) in [5.41, 5.74) is 1.35. The van der Waals surface area contributed by atoms with Gasteiger partial charge < -0.3 is 9.47 Å². The highest BCUT2D eigenvalue weighted by Crippen LogP contribution is 2.29. The minimum atomic E-state index is 0.440. The second-order valence-corrected chi connectivity index (χ2v) is 3.23. The number of rotatable bonds is 2. The molecule has 1 aliphatic rings. The Hall–Kier alpha value is -0.190. The summed E-state index contributed by atoms with van der Waals surface area (Å²) >= 11 is 2.15. The van der Waals surface area contributed by atoms with Gasteiger partial charge in [-0.05, 0) is 24.4 Å². The first kappa shape index (κ1) is 13.8. The van der Waals surface area contributed by atoms with Gasteiger partial charge >= 0.3 is 0 Å². The van der Waals surface area contributed by atoms with Gasteiger partial charge in [0.15, 0.2) is 5.76 Å². The first-order valence-corrected chi connectivity index (χ1v) is 6.72. The Kier molecular flexibility index (Phi) is 7.05. The number of allylic oxidation sites excluding steroid dienone is 3. The van der Waals surface area contributed by atoms with E-state index in [-0.39, 0.29) is 0 Å². The summed E-state index contributed by atoms with van der Waals surface area (Å²) in [6, 6.07) is 0. The lowest BCUT2D eigenvalue weighted by atomic mass is 9.94. The molecule has 0 saturated heterocycles. The van der Waals surface area contributed by atoms with Crippen molar-refractivity contribution >= 4 is 22.6 Å². The Morgan fingerprint density at radius 1 is 1.29 bits per heavy atom. The van der Waals surface area contributed by atoms with Crippen LogP contribution in [-0.4, -0.2) is 19.2 Å². The molecule has 1 atom stereocenters. The predicted octanol–water partition coefficient (Wildman–Crippen LogP) is 3.53. The smallest absolute Gasteiger partial charge is 0.156 e. The third kappa shape index (κ3) is 3.52. The topological polar surface area (TPSA) is 18.5 Å². The maximum Gasteiger partial charge on any atom is 0.156 e. The first-order valence-electron chi connectivity index (χ1n) is 4.56. The maximum absolute atomic E-state index is 5.27. The van der Waals surface area contributed by atoms with Crippen molar-refractivity contribution < 1.29 is 9.47 Å². The minimum absolute atomic E-state index is 0.440. The Labute approximate surface area is 100 Å². The highest BCUT2D eigenvalue weighted by molar-refractivity contribution is 14.1. The van der Waals surface area contributed by atoms with E-state index in [1.165, 1.54) is 5.57 Å². The Morgan fingerprint density at radius 2 is 1.86 bits per heavy atom. The fourth-order valence-electron chi connectivity index (χ4n) is 1.63. The van der Waals surface area contributed by atoms with E-state index in [1.807, 2.05) is 11.0 Å². The molecular weight excluding hydrogens is 291 g/mol. The van der Waals surface area contributed by atoms with Crippen LogP contribution in [0, 0.1) is 5.92 Å². The average molecular weight is 310 g/mol. The lowest BCUT2D eigenvalue weighted by Crippen LogP contribution is -2.10. The number of hydrogen-bond acceptors (Lipinski definition) is 2. The van der Waals surface area contributed by atoms with Crippen LogP contribution < -0.4 is 0 Å². The summed E-state index contributed by atoms with van der Waals surface area (Å²) in [5.74, 6) is 2.27. The molecule has 3 heteroatoms. The number of alkyl halides is 1. The molecule has 0 amide bonds. The molecular formula is C11H19IO2. The summed E-state index contributed by atoms with van der Waals surface area (Å²) in [4.78, 5) is 1.97. The van der Waals surface area contributed by atoms with E-state index in [1.54, 1.807) is 14.2 Å². The molecule has 14 heavy (non-hydrogen) atoms. The zero-order chi connectivity index (χ0) is 11.1. The van der Waals surface area contributed by atoms with Crippen LogP contribution in [0.3, 0.4) is 0 Å². The van der Waals surface area contributed by atoms with Gasteiger partial charge in [0, 0.05) is 5.92 Å². The molecule has 0 aliphatic heterocycles. The van der Waals surface area contributed by atoms with Gasteiger partial charge in [0.25, 0.3) is 0 Å². The van der Waals surface area contributed by atoms with E-state index in [0.29, 0.717) is 5.92 Å². The van der Waals surface area contributed by atoms with E-state index in [4.69, 9.17) is 9.47 Å². The summed E-state index contributed by atoms with van der Waals surface area (Å²) in [7, 11) is 3.37. The lowest BCUT2D eigenvalue weighted by molar-refractivity contribution is 0.195. The van der Waals surface area contributed by atoms with Crippen molar-refractivity contribution in [3.05, 3.63) is 23.2 Å². The molecule has 0 fully saturated rings. The molecule has 1 unspecified atom stereocenters. The van der Waals surface area contributed by atoms with Crippen molar-refractivity contribution in [2.24, 2.45) is 5.92 Å². The summed E-state index contributed by atoms with van der Waals surface area (Å²) in [5, 5.41) is 0. The van der Waals surface area contributed by atoms with Crippen LogP contribution in [0.4, 0.5) is 0 Å². The number of ether oxygens (including phenoxy) is 2. The average Bonchev–Trinajstić information content (AvgIpc) is 2.19. The maximum atomic E-state index is 5.27. The third-order valence-electron chi connectivity index (χ3n) is 2.14. The zero-order valence-electron chi connectivity index (χ0n) is 9.56. The van der Waals surface area contributed by atoms with Crippen LogP contribution in [-0.2, 0) is 9.47 Å². The van der Waals surface area contributed by atoms with E-state index in [2.05, 4.69) is 36.4 Å². The molecule has 0 radical (unpaired) electrons. The minimum Gasteiger partial charge on any atom is -0.497 e. The third-order valence-corrected chi connectivity index (χ3v) is 2.14. The van der Waals surface area contributed by atoms with Gasteiger partial charge in [0.1, 0.15) is 5.76 Å². The summed E-state index contributed by atoms with van der Waals surface area (Å²) < 4.78 is 10.5. The van der Waals surface area contributed by atoms with Crippen molar-refractivity contribution in [2.45, 2.75) is 20.3 Å². The van der Waals surface area contributed by atoms with Crippen molar-refractivity contribution in [1.29, 1.82) is 0 Å². The molecule has 0 aromatic carbocycles. The van der Waals surface area contributed by atoms with Gasteiger partial charge in [-0.15, -0.1) is 0 Å². The molecule has 0 saturated carbocycles. The van der Waals surface area contributed by atoms with Gasteiger partial charge in [0.2, 0.25) is 0 Å². The van der Waals surface area contributed by atoms with Crippen LogP contribution in [0.1, 0.15) is 20.3 Å². The zero-order valence-corrected chi connectivity index (χ0v) is 11.7. The SMILES string of the molecule is CI.COC1=C(OC)C(C)CC(C)=C1. The highest BCUT2D eigenvalue weighted by Gasteiger charge is 2.19. The van der Waals surface area contributed by atoms with Crippen LogP contribution in [0.5, 0.6) is 0 Å². The van der Waals surface area contributed by atoms with E-state index >= 15 is 0 Å². The molecule has 1 rings (SSSR count). The normalized spacial score (nSPS) is 20.7. The molecule has 0 aromatic rings. The van der Waals surface area contributed by atoms with Crippen molar-refractivity contribution in [2.75, 3.05) is 19.2 Å². The van der Waals surface area contributed by atoms with Gasteiger partial charge in [-0.2, -0.15) is 0 Å². The van der Waals surface area contributed by atoms with Gasteiger partial charge in [-0.1, -0.05) is 35.1 Å². The monoisotopic (exact) mass is 310 g/mol. The van der Waals surface area contributed by atoms with Crippen LogP contribution in [0.25, 0.3) is 0 Å². The quantitative estimate of drug-likeness (QED) is 0.574. The molecule has 0 N–H and O–H groups in total. The lowest BCUT2D eigenvalue weighted by Gasteiger charge is -2.22. The van der Waals surface area contributed by atoms with Crippen molar-refractivity contribution in [1.82, 2.24) is 0 Å². The van der Waals surface area contributed by atoms with E-state index in [0.717, 1.165) is 17.9 Å². The Bertz CT molecular complexity index is 231. The standard InChI is InChI=1S/C10H16O2.CH3I/c1-7-5-8(2)10(12-4)9(6-7)11-3;1-2/h6,8H,5H2,1-4H3;1H3. The summed E-state index contributed by atoms with van der Waals surface area (Å²) in [6.45, 7) is 4.26. The molecule has 2 nitrogen and oxygen atoms in total. The van der Waals surface area contributed by atoms with Gasteiger partial charge in [-0.3, -0.25) is 0 Å². The first-order chi connectivity index (χ1) is 6.69. The molecule has 0 spiro atoms. The second-order valence-electron chi connectivity index (χ2n) is 3.23. The predicted molar refractivity (Wildman–Crippen MR) is 68.5 cm³/mol. The highest BCUT2D eigenvalue weighted by atomic mass is 127.